The summed E-state index contributed by atoms with van der Waals surface area (Å²) in [7, 11) is 0. The Morgan fingerprint density at radius 3 is 2.25 bits per heavy atom. The Bertz CT molecular complexity index is 614. The fourth-order valence-corrected chi connectivity index (χ4v) is 3.82. The van der Waals surface area contributed by atoms with E-state index in [1.165, 1.54) is 10.5 Å². The first-order valence-electron chi connectivity index (χ1n) is 10.1. The number of rotatable bonds is 3. The van der Waals surface area contributed by atoms with Gasteiger partial charge in [0.25, 0.3) is 0 Å². The molecule has 28 heavy (non-hydrogen) atoms. The Labute approximate surface area is 165 Å². The van der Waals surface area contributed by atoms with Crippen LogP contribution in [0.1, 0.15) is 45.6 Å². The number of alkyl halides is 3. The first kappa shape index (κ1) is 22.5. The van der Waals surface area contributed by atoms with Crippen molar-refractivity contribution in [2.75, 3.05) is 26.2 Å². The molecule has 2 heterocycles. The minimum absolute atomic E-state index is 0.0215. The molecule has 0 bridgehead atoms. The summed E-state index contributed by atoms with van der Waals surface area (Å²) in [6.45, 7) is 8.63. The zero-order chi connectivity index (χ0) is 20.8. The predicted molar refractivity (Wildman–Crippen MR) is 103 cm³/mol. The molecule has 0 aliphatic carbocycles. The summed E-state index contributed by atoms with van der Waals surface area (Å²) in [5.74, 6) is 0. The van der Waals surface area contributed by atoms with E-state index in [4.69, 9.17) is 0 Å². The Morgan fingerprint density at radius 1 is 1.11 bits per heavy atom. The van der Waals surface area contributed by atoms with Crippen LogP contribution in [0.4, 0.5) is 18.0 Å². The molecule has 3 rings (SSSR count). The van der Waals surface area contributed by atoms with Crippen LogP contribution in [-0.4, -0.2) is 54.4 Å². The van der Waals surface area contributed by atoms with Gasteiger partial charge in [0.1, 0.15) is 0 Å². The second-order valence-electron chi connectivity index (χ2n) is 7.50. The lowest BCUT2D eigenvalue weighted by molar-refractivity contribution is -0.199. The third kappa shape index (κ3) is 5.87. The van der Waals surface area contributed by atoms with E-state index in [0.29, 0.717) is 13.1 Å². The highest BCUT2D eigenvalue weighted by molar-refractivity contribution is 5.68. The fraction of sp³-hybridized carbons (Fsp3) is 0.667. The molecule has 7 heteroatoms. The maximum Gasteiger partial charge on any atom is 0.425 e. The van der Waals surface area contributed by atoms with Crippen LogP contribution in [0.3, 0.4) is 0 Å². The average molecular weight is 400 g/mol. The van der Waals surface area contributed by atoms with E-state index in [1.807, 2.05) is 32.0 Å². The number of halogens is 3. The molecule has 0 radical (unpaired) electrons. The first-order valence-corrected chi connectivity index (χ1v) is 10.1. The van der Waals surface area contributed by atoms with E-state index < -0.39 is 18.4 Å². The number of carbonyl (C=O) groups is 1. The molecule has 1 spiro atoms. The third-order valence-electron chi connectivity index (χ3n) is 5.60. The molecule has 2 saturated heterocycles. The van der Waals surface area contributed by atoms with Crippen LogP contribution < -0.4 is 0 Å². The lowest BCUT2D eigenvalue weighted by Gasteiger charge is -2.39. The number of hydrogen-bond donors (Lipinski definition) is 0. The lowest BCUT2D eigenvalue weighted by atomic mass is 9.77. The molecule has 0 N–H and O–H groups in total. The van der Waals surface area contributed by atoms with Gasteiger partial charge in [-0.1, -0.05) is 44.2 Å². The number of piperidine rings is 1. The van der Waals surface area contributed by atoms with Crippen LogP contribution in [-0.2, 0) is 11.3 Å². The average Bonchev–Trinajstić information content (AvgIpc) is 3.09. The molecule has 2 fully saturated rings. The summed E-state index contributed by atoms with van der Waals surface area (Å²) >= 11 is 0. The van der Waals surface area contributed by atoms with Gasteiger partial charge in [0, 0.05) is 19.6 Å². The van der Waals surface area contributed by atoms with Gasteiger partial charge in [-0.25, -0.2) is 4.79 Å². The van der Waals surface area contributed by atoms with Gasteiger partial charge in [-0.2, -0.15) is 13.2 Å². The Morgan fingerprint density at radius 2 is 1.68 bits per heavy atom. The molecule has 1 amide bonds. The van der Waals surface area contributed by atoms with Gasteiger partial charge in [-0.05, 0) is 50.3 Å². The van der Waals surface area contributed by atoms with E-state index in [2.05, 4.69) is 21.8 Å². The highest BCUT2D eigenvalue weighted by Crippen LogP contribution is 2.41. The van der Waals surface area contributed by atoms with Crippen molar-refractivity contribution in [1.82, 2.24) is 9.80 Å². The first-order chi connectivity index (χ1) is 13.3. The summed E-state index contributed by atoms with van der Waals surface area (Å²) in [6.07, 6.45) is -4.69. The van der Waals surface area contributed by atoms with Crippen LogP contribution in [0.2, 0.25) is 0 Å². The van der Waals surface area contributed by atoms with Crippen LogP contribution >= 0.6 is 0 Å². The van der Waals surface area contributed by atoms with Crippen molar-refractivity contribution >= 4 is 6.09 Å². The van der Waals surface area contributed by atoms with Crippen LogP contribution in [0.5, 0.6) is 0 Å². The number of benzene rings is 1. The maximum absolute atomic E-state index is 12.6. The molecule has 2 aliphatic heterocycles. The zero-order valence-electron chi connectivity index (χ0n) is 17.0. The molecule has 0 aromatic heterocycles. The number of nitrogens with zero attached hydrogens (tertiary/aromatic N) is 2. The second-order valence-corrected chi connectivity index (χ2v) is 7.50. The summed E-state index contributed by atoms with van der Waals surface area (Å²) in [6, 6.07) is 10.3. The molecule has 4 nitrogen and oxygen atoms in total. The molecule has 2 aliphatic rings. The van der Waals surface area contributed by atoms with Gasteiger partial charge >= 0.3 is 12.3 Å². The largest absolute Gasteiger partial charge is 0.437 e. The number of likely N-dealkylation sites (tertiary alicyclic amines) is 2. The highest BCUT2D eigenvalue weighted by Gasteiger charge is 2.45. The molecule has 1 unspecified atom stereocenters. The Kier molecular flexibility index (Phi) is 7.75. The Hall–Kier alpha value is -1.76. The second kappa shape index (κ2) is 9.63. The number of carbonyl (C=O) groups excluding carboxylic acids is 1. The van der Waals surface area contributed by atoms with E-state index in [1.54, 1.807) is 0 Å². The molecule has 1 aromatic carbocycles. The lowest BCUT2D eigenvalue weighted by Crippen LogP contribution is -2.43. The maximum atomic E-state index is 12.6. The highest BCUT2D eigenvalue weighted by atomic mass is 19.4. The topological polar surface area (TPSA) is 32.8 Å². The quantitative estimate of drug-likeness (QED) is 0.709. The Balaban J connectivity index is 0.00000136. The number of ether oxygens (including phenoxy) is 1. The molecule has 0 saturated carbocycles. The SMILES string of the molecule is CC.CC(OC(=O)N1CCC2(CCN(Cc3ccccc3)CC2)C1)C(F)(F)F. The van der Waals surface area contributed by atoms with Crippen molar-refractivity contribution in [2.45, 2.75) is 58.9 Å². The van der Waals surface area contributed by atoms with E-state index in [9.17, 15) is 18.0 Å². The minimum Gasteiger partial charge on any atom is -0.437 e. The molecule has 158 valence electrons. The smallest absolute Gasteiger partial charge is 0.425 e. The predicted octanol–water partition coefficient (Wildman–Crippen LogP) is 5.09. The monoisotopic (exact) mass is 400 g/mol. The summed E-state index contributed by atoms with van der Waals surface area (Å²) < 4.78 is 42.3. The summed E-state index contributed by atoms with van der Waals surface area (Å²) in [5, 5.41) is 0. The van der Waals surface area contributed by atoms with Crippen molar-refractivity contribution in [3.8, 4) is 0 Å². The minimum atomic E-state index is -4.52. The number of amides is 1. The van der Waals surface area contributed by atoms with Crippen molar-refractivity contribution in [3.63, 3.8) is 0 Å². The van der Waals surface area contributed by atoms with Crippen molar-refractivity contribution in [1.29, 1.82) is 0 Å². The third-order valence-corrected chi connectivity index (χ3v) is 5.60. The van der Waals surface area contributed by atoms with Gasteiger partial charge in [-0.3, -0.25) is 4.90 Å². The van der Waals surface area contributed by atoms with E-state index >= 15 is 0 Å². The summed E-state index contributed by atoms with van der Waals surface area (Å²) in [5.41, 5.74) is 1.30. The normalized spacial score (nSPS) is 20.4. The van der Waals surface area contributed by atoms with Crippen LogP contribution in [0, 0.1) is 5.41 Å². The molecule has 1 aromatic rings. The van der Waals surface area contributed by atoms with Gasteiger partial charge in [0.2, 0.25) is 0 Å². The zero-order valence-corrected chi connectivity index (χ0v) is 17.0. The van der Waals surface area contributed by atoms with Crippen LogP contribution in [0.25, 0.3) is 0 Å². The van der Waals surface area contributed by atoms with Crippen LogP contribution in [0.15, 0.2) is 30.3 Å². The van der Waals surface area contributed by atoms with E-state index in [-0.39, 0.29) is 5.41 Å². The van der Waals surface area contributed by atoms with Crippen molar-refractivity contribution in [2.24, 2.45) is 5.41 Å². The van der Waals surface area contributed by atoms with Gasteiger partial charge < -0.3 is 9.64 Å². The fourth-order valence-electron chi connectivity index (χ4n) is 3.82. The standard InChI is InChI=1S/C19H25F3N2O2.C2H6/c1-15(19(20,21)22)26-17(25)24-12-9-18(14-24)7-10-23(11-8-18)13-16-5-3-2-4-6-16;1-2/h2-6,15H,7-14H2,1H3;1-2H3. The van der Waals surface area contributed by atoms with Crippen molar-refractivity contribution in [3.05, 3.63) is 35.9 Å². The van der Waals surface area contributed by atoms with Gasteiger partial charge in [0.15, 0.2) is 6.10 Å². The van der Waals surface area contributed by atoms with Crippen molar-refractivity contribution < 1.29 is 22.7 Å². The number of hydrogen-bond acceptors (Lipinski definition) is 3. The molecular weight excluding hydrogens is 369 g/mol. The summed E-state index contributed by atoms with van der Waals surface area (Å²) in [4.78, 5) is 15.9. The van der Waals surface area contributed by atoms with Gasteiger partial charge in [-0.15, -0.1) is 0 Å². The molecule has 1 atom stereocenters. The van der Waals surface area contributed by atoms with Gasteiger partial charge in [0.05, 0.1) is 0 Å². The molecular formula is C21H31F3N2O2. The van der Waals surface area contributed by atoms with E-state index in [0.717, 1.165) is 45.8 Å².